The number of hydrogen-bond donors (Lipinski definition) is 0. The number of carbonyl (C=O) groups is 1. The quantitative estimate of drug-likeness (QED) is 0.835. The van der Waals surface area contributed by atoms with Crippen molar-refractivity contribution in [2.75, 3.05) is 4.90 Å². The third-order valence-corrected chi connectivity index (χ3v) is 5.25. The van der Waals surface area contributed by atoms with Gasteiger partial charge in [-0.05, 0) is 48.3 Å². The highest BCUT2D eigenvalue weighted by Gasteiger charge is 2.43. The third kappa shape index (κ3) is 2.02. The van der Waals surface area contributed by atoms with Gasteiger partial charge in [0.25, 0.3) is 0 Å². The van der Waals surface area contributed by atoms with Crippen LogP contribution in [0, 0.1) is 6.92 Å². The van der Waals surface area contributed by atoms with E-state index in [-0.39, 0.29) is 5.91 Å². The third-order valence-electron chi connectivity index (χ3n) is 4.22. The molecule has 0 unspecified atom stereocenters. The SMILES string of the molecule is Cc1nn(C)c(CN2C(=O)C(C)(C)c3ccccc32)c1Br. The fourth-order valence-corrected chi connectivity index (χ4v) is 3.42. The molecule has 0 N–H and O–H groups in total. The van der Waals surface area contributed by atoms with Gasteiger partial charge in [0, 0.05) is 12.7 Å². The molecule has 4 nitrogen and oxygen atoms in total. The minimum absolute atomic E-state index is 0.134. The first-order chi connectivity index (χ1) is 9.84. The van der Waals surface area contributed by atoms with Crippen molar-refractivity contribution < 1.29 is 4.79 Å². The van der Waals surface area contributed by atoms with E-state index in [0.717, 1.165) is 27.1 Å². The molecule has 3 rings (SSSR count). The maximum Gasteiger partial charge on any atom is 0.237 e. The number of benzene rings is 1. The van der Waals surface area contributed by atoms with E-state index in [1.807, 2.05) is 61.7 Å². The molecule has 0 saturated heterocycles. The highest BCUT2D eigenvalue weighted by Crippen LogP contribution is 2.42. The Morgan fingerprint density at radius 3 is 2.57 bits per heavy atom. The predicted octanol–water partition coefficient (Wildman–Crippen LogP) is 3.32. The lowest BCUT2D eigenvalue weighted by Crippen LogP contribution is -2.36. The van der Waals surface area contributed by atoms with E-state index in [2.05, 4.69) is 21.0 Å². The molecule has 0 saturated carbocycles. The van der Waals surface area contributed by atoms with Gasteiger partial charge in [-0.25, -0.2) is 0 Å². The topological polar surface area (TPSA) is 38.1 Å². The van der Waals surface area contributed by atoms with Gasteiger partial charge >= 0.3 is 0 Å². The predicted molar refractivity (Wildman–Crippen MR) is 86.3 cm³/mol. The Bertz CT molecular complexity index is 733. The maximum absolute atomic E-state index is 12.8. The van der Waals surface area contributed by atoms with Gasteiger partial charge in [-0.2, -0.15) is 5.10 Å². The fourth-order valence-electron chi connectivity index (χ4n) is 2.96. The summed E-state index contributed by atoms with van der Waals surface area (Å²) >= 11 is 3.58. The van der Waals surface area contributed by atoms with E-state index in [9.17, 15) is 4.79 Å². The normalized spacial score (nSPS) is 16.4. The second-order valence-corrected chi connectivity index (χ2v) is 6.80. The zero-order valence-corrected chi connectivity index (χ0v) is 14.2. The van der Waals surface area contributed by atoms with Crippen LogP contribution in [0.5, 0.6) is 0 Å². The van der Waals surface area contributed by atoms with Gasteiger partial charge < -0.3 is 4.90 Å². The molecule has 1 aromatic carbocycles. The molecule has 110 valence electrons. The lowest BCUT2D eigenvalue weighted by molar-refractivity contribution is -0.122. The van der Waals surface area contributed by atoms with Crippen LogP contribution in [0.3, 0.4) is 0 Å². The van der Waals surface area contributed by atoms with Crippen LogP contribution in [-0.4, -0.2) is 15.7 Å². The molecule has 5 heteroatoms. The molecule has 21 heavy (non-hydrogen) atoms. The molecule has 0 spiro atoms. The lowest BCUT2D eigenvalue weighted by Gasteiger charge is -2.20. The Kier molecular flexibility index (Phi) is 3.20. The molecule has 0 atom stereocenters. The number of para-hydroxylation sites is 1. The van der Waals surface area contributed by atoms with Gasteiger partial charge in [-0.3, -0.25) is 9.48 Å². The summed E-state index contributed by atoms with van der Waals surface area (Å²) in [6.45, 7) is 6.45. The number of halogens is 1. The minimum Gasteiger partial charge on any atom is -0.305 e. The van der Waals surface area contributed by atoms with Crippen LogP contribution in [0.15, 0.2) is 28.7 Å². The molecule has 0 fully saturated rings. The number of hydrogen-bond acceptors (Lipinski definition) is 2. The maximum atomic E-state index is 12.8. The fraction of sp³-hybridized carbons (Fsp3) is 0.375. The molecule has 1 aliphatic heterocycles. The number of carbonyl (C=O) groups excluding carboxylic acids is 1. The van der Waals surface area contributed by atoms with Gasteiger partial charge in [0.2, 0.25) is 5.91 Å². The Morgan fingerprint density at radius 2 is 1.95 bits per heavy atom. The van der Waals surface area contributed by atoms with Gasteiger partial charge in [0.05, 0.1) is 27.8 Å². The average molecular weight is 348 g/mol. The van der Waals surface area contributed by atoms with Crippen LogP contribution in [0.4, 0.5) is 5.69 Å². The van der Waals surface area contributed by atoms with Crippen molar-refractivity contribution in [1.29, 1.82) is 0 Å². The number of aryl methyl sites for hydroxylation is 2. The number of aromatic nitrogens is 2. The summed E-state index contributed by atoms with van der Waals surface area (Å²) in [7, 11) is 1.91. The molecule has 2 heterocycles. The first kappa shape index (κ1) is 14.3. The summed E-state index contributed by atoms with van der Waals surface area (Å²) in [4.78, 5) is 14.7. The Morgan fingerprint density at radius 1 is 1.29 bits per heavy atom. The number of fused-ring (bicyclic) bond motifs is 1. The summed E-state index contributed by atoms with van der Waals surface area (Å²) in [5.41, 5.74) is 3.56. The van der Waals surface area contributed by atoms with Crippen molar-refractivity contribution in [3.63, 3.8) is 0 Å². The summed E-state index contributed by atoms with van der Waals surface area (Å²) in [6, 6.07) is 8.02. The molecule has 0 aliphatic carbocycles. The summed E-state index contributed by atoms with van der Waals surface area (Å²) in [5.74, 6) is 0.134. The lowest BCUT2D eigenvalue weighted by atomic mass is 9.86. The van der Waals surface area contributed by atoms with Crippen molar-refractivity contribution in [1.82, 2.24) is 9.78 Å². The zero-order valence-electron chi connectivity index (χ0n) is 12.6. The first-order valence-electron chi connectivity index (χ1n) is 6.93. The molecule has 1 aliphatic rings. The van der Waals surface area contributed by atoms with E-state index in [1.165, 1.54) is 0 Å². The number of amides is 1. The van der Waals surface area contributed by atoms with Crippen LogP contribution in [0.2, 0.25) is 0 Å². The summed E-state index contributed by atoms with van der Waals surface area (Å²) in [5, 5.41) is 4.40. The second-order valence-electron chi connectivity index (χ2n) is 6.00. The largest absolute Gasteiger partial charge is 0.305 e. The van der Waals surface area contributed by atoms with Crippen molar-refractivity contribution >= 4 is 27.5 Å². The number of nitrogens with zero attached hydrogens (tertiary/aromatic N) is 3. The number of rotatable bonds is 2. The first-order valence-corrected chi connectivity index (χ1v) is 7.72. The van der Waals surface area contributed by atoms with Crippen molar-refractivity contribution in [3.8, 4) is 0 Å². The van der Waals surface area contributed by atoms with E-state index >= 15 is 0 Å². The number of anilines is 1. The van der Waals surface area contributed by atoms with Crippen molar-refractivity contribution in [3.05, 3.63) is 45.7 Å². The Labute approximate surface area is 132 Å². The molecule has 0 bridgehead atoms. The monoisotopic (exact) mass is 347 g/mol. The summed E-state index contributed by atoms with van der Waals surface area (Å²) in [6.07, 6.45) is 0. The highest BCUT2D eigenvalue weighted by molar-refractivity contribution is 9.10. The molecule has 2 aromatic rings. The summed E-state index contributed by atoms with van der Waals surface area (Å²) < 4.78 is 2.81. The van der Waals surface area contributed by atoms with Gasteiger partial charge in [0.15, 0.2) is 0 Å². The van der Waals surface area contributed by atoms with Crippen molar-refractivity contribution in [2.24, 2.45) is 7.05 Å². The van der Waals surface area contributed by atoms with Gasteiger partial charge in [-0.15, -0.1) is 0 Å². The highest BCUT2D eigenvalue weighted by atomic mass is 79.9. The van der Waals surface area contributed by atoms with Crippen molar-refractivity contribution in [2.45, 2.75) is 32.7 Å². The van der Waals surface area contributed by atoms with Crippen LogP contribution in [-0.2, 0) is 23.8 Å². The minimum atomic E-state index is -0.475. The second kappa shape index (κ2) is 4.70. The smallest absolute Gasteiger partial charge is 0.237 e. The zero-order chi connectivity index (χ0) is 15.4. The van der Waals surface area contributed by atoms with E-state index in [4.69, 9.17) is 0 Å². The van der Waals surface area contributed by atoms with E-state index in [1.54, 1.807) is 0 Å². The molecular weight excluding hydrogens is 330 g/mol. The van der Waals surface area contributed by atoms with Crippen LogP contribution in [0.25, 0.3) is 0 Å². The van der Waals surface area contributed by atoms with Crippen LogP contribution >= 0.6 is 15.9 Å². The van der Waals surface area contributed by atoms with Gasteiger partial charge in [0.1, 0.15) is 0 Å². The van der Waals surface area contributed by atoms with E-state index in [0.29, 0.717) is 6.54 Å². The van der Waals surface area contributed by atoms with E-state index < -0.39 is 5.41 Å². The molecule has 1 aromatic heterocycles. The molecule has 1 amide bonds. The Balaban J connectivity index is 2.06. The molecule has 0 radical (unpaired) electrons. The molecular formula is C16H18BrN3O. The van der Waals surface area contributed by atoms with Crippen LogP contribution < -0.4 is 4.90 Å². The standard InChI is InChI=1S/C16H18BrN3O/c1-10-14(17)13(19(4)18-10)9-20-12-8-6-5-7-11(12)16(2,3)15(20)21/h5-8H,9H2,1-4H3. The van der Waals surface area contributed by atoms with Crippen LogP contribution in [0.1, 0.15) is 30.8 Å². The average Bonchev–Trinajstić information content (AvgIpc) is 2.79. The van der Waals surface area contributed by atoms with Gasteiger partial charge in [-0.1, -0.05) is 18.2 Å². The Hall–Kier alpha value is -1.62.